The van der Waals surface area contributed by atoms with E-state index in [-0.39, 0.29) is 13.0 Å². The highest BCUT2D eigenvalue weighted by atomic mass is 79.9. The number of halogens is 1. The number of benzene rings is 1. The number of thiophene rings is 1. The maximum atomic E-state index is 11.5. The molecule has 0 spiro atoms. The van der Waals surface area contributed by atoms with Crippen molar-refractivity contribution in [3.05, 3.63) is 63.1 Å². The fourth-order valence-corrected chi connectivity index (χ4v) is 4.36. The molecule has 27 heavy (non-hydrogen) atoms. The van der Waals surface area contributed by atoms with Crippen LogP contribution in [0.5, 0.6) is 0 Å². The highest BCUT2D eigenvalue weighted by Crippen LogP contribution is 2.35. The summed E-state index contributed by atoms with van der Waals surface area (Å²) in [5, 5.41) is 9.08. The number of hydrogen-bond acceptors (Lipinski definition) is 4. The van der Waals surface area contributed by atoms with Gasteiger partial charge in [0.25, 0.3) is 0 Å². The minimum atomic E-state index is -0.855. The standard InChI is InChI=1S/C19H18BrN3O3S/c20-17-7-6-16(27-17)15-5-2-13(3-8-18(24)25)23(15)14-4-1-11(19(22)26)9-12(14)10-21/h1-2,4-7,9H,3,8,10,21H2,(H2,22,26)(H,24,25). The van der Waals surface area contributed by atoms with Crippen LogP contribution in [-0.4, -0.2) is 21.6 Å². The monoisotopic (exact) mass is 447 g/mol. The number of carboxylic acid groups (broad SMARTS) is 1. The zero-order chi connectivity index (χ0) is 19.6. The normalized spacial score (nSPS) is 10.9. The Bertz CT molecular complexity index is 1010. The second-order valence-electron chi connectivity index (χ2n) is 5.95. The molecule has 0 bridgehead atoms. The third-order valence-corrected chi connectivity index (χ3v) is 5.85. The third kappa shape index (κ3) is 4.13. The molecular weight excluding hydrogens is 430 g/mol. The van der Waals surface area contributed by atoms with Crippen LogP contribution in [0.2, 0.25) is 0 Å². The first-order valence-corrected chi connectivity index (χ1v) is 9.83. The van der Waals surface area contributed by atoms with Gasteiger partial charge in [-0.15, -0.1) is 11.3 Å². The van der Waals surface area contributed by atoms with E-state index in [9.17, 15) is 9.59 Å². The van der Waals surface area contributed by atoms with Crippen molar-refractivity contribution >= 4 is 39.1 Å². The van der Waals surface area contributed by atoms with Gasteiger partial charge in [0.1, 0.15) is 0 Å². The highest BCUT2D eigenvalue weighted by molar-refractivity contribution is 9.11. The number of aryl methyl sites for hydroxylation is 1. The molecule has 2 aromatic heterocycles. The molecule has 0 atom stereocenters. The number of nitrogens with zero attached hydrogens (tertiary/aromatic N) is 1. The van der Waals surface area contributed by atoms with Gasteiger partial charge in [-0.2, -0.15) is 0 Å². The lowest BCUT2D eigenvalue weighted by Crippen LogP contribution is -2.14. The van der Waals surface area contributed by atoms with Crippen LogP contribution in [0.15, 0.2) is 46.3 Å². The van der Waals surface area contributed by atoms with Gasteiger partial charge < -0.3 is 21.1 Å². The Labute approximate surface area is 168 Å². The average Bonchev–Trinajstić information content (AvgIpc) is 3.25. The van der Waals surface area contributed by atoms with Gasteiger partial charge in [0.2, 0.25) is 5.91 Å². The molecule has 0 radical (unpaired) electrons. The van der Waals surface area contributed by atoms with Crippen molar-refractivity contribution in [1.82, 2.24) is 4.57 Å². The topological polar surface area (TPSA) is 111 Å². The average molecular weight is 448 g/mol. The van der Waals surface area contributed by atoms with E-state index >= 15 is 0 Å². The summed E-state index contributed by atoms with van der Waals surface area (Å²) in [5.41, 5.74) is 15.1. The molecule has 140 valence electrons. The molecule has 3 rings (SSSR count). The molecule has 8 heteroatoms. The van der Waals surface area contributed by atoms with Gasteiger partial charge in [-0.3, -0.25) is 9.59 Å². The summed E-state index contributed by atoms with van der Waals surface area (Å²) in [6.45, 7) is 0.223. The minimum Gasteiger partial charge on any atom is -0.481 e. The predicted molar refractivity (Wildman–Crippen MR) is 109 cm³/mol. The van der Waals surface area contributed by atoms with Gasteiger partial charge in [0.15, 0.2) is 0 Å². The molecule has 0 saturated heterocycles. The minimum absolute atomic E-state index is 0.0227. The predicted octanol–water partition coefficient (Wildman–Crippen LogP) is 3.54. The molecule has 5 N–H and O–H groups in total. The van der Waals surface area contributed by atoms with Gasteiger partial charge in [-0.25, -0.2) is 0 Å². The molecule has 3 aromatic rings. The number of rotatable bonds is 7. The third-order valence-electron chi connectivity index (χ3n) is 4.21. The van der Waals surface area contributed by atoms with E-state index in [1.807, 2.05) is 28.8 Å². The van der Waals surface area contributed by atoms with Crippen LogP contribution in [0.4, 0.5) is 0 Å². The molecule has 0 unspecified atom stereocenters. The largest absolute Gasteiger partial charge is 0.481 e. The zero-order valence-corrected chi connectivity index (χ0v) is 16.7. The Hall–Kier alpha value is -2.42. The number of hydrogen-bond donors (Lipinski definition) is 3. The van der Waals surface area contributed by atoms with Crippen LogP contribution < -0.4 is 11.5 Å². The zero-order valence-electron chi connectivity index (χ0n) is 14.3. The van der Waals surface area contributed by atoms with E-state index in [1.165, 1.54) is 0 Å². The number of primary amides is 1. The lowest BCUT2D eigenvalue weighted by atomic mass is 10.1. The fourth-order valence-electron chi connectivity index (χ4n) is 2.96. The van der Waals surface area contributed by atoms with Crippen LogP contribution in [0.1, 0.15) is 28.0 Å². The second kappa shape index (κ2) is 8.08. The van der Waals surface area contributed by atoms with Crippen molar-refractivity contribution in [2.75, 3.05) is 0 Å². The van der Waals surface area contributed by atoms with Crippen LogP contribution in [0, 0.1) is 0 Å². The Balaban J connectivity index is 2.18. The number of aromatic nitrogens is 1. The van der Waals surface area contributed by atoms with E-state index in [4.69, 9.17) is 16.6 Å². The number of aliphatic carboxylic acids is 1. The smallest absolute Gasteiger partial charge is 0.303 e. The second-order valence-corrected chi connectivity index (χ2v) is 8.42. The van der Waals surface area contributed by atoms with Crippen LogP contribution in [-0.2, 0) is 17.8 Å². The molecule has 1 amide bonds. The summed E-state index contributed by atoms with van der Waals surface area (Å²) in [6.07, 6.45) is 0.401. The highest BCUT2D eigenvalue weighted by Gasteiger charge is 2.17. The van der Waals surface area contributed by atoms with E-state index in [1.54, 1.807) is 29.5 Å². The molecule has 0 aliphatic rings. The molecule has 0 fully saturated rings. The summed E-state index contributed by atoms with van der Waals surface area (Å²) < 4.78 is 3.01. The van der Waals surface area contributed by atoms with Gasteiger partial charge >= 0.3 is 5.97 Å². The number of amides is 1. The number of carboxylic acids is 1. The molecule has 2 heterocycles. The van der Waals surface area contributed by atoms with Crippen molar-refractivity contribution < 1.29 is 14.7 Å². The van der Waals surface area contributed by atoms with E-state index in [0.29, 0.717) is 12.0 Å². The van der Waals surface area contributed by atoms with Gasteiger partial charge in [0.05, 0.1) is 26.5 Å². The number of carbonyl (C=O) groups is 2. The quantitative estimate of drug-likeness (QED) is 0.513. The van der Waals surface area contributed by atoms with Crippen molar-refractivity contribution in [2.45, 2.75) is 19.4 Å². The maximum Gasteiger partial charge on any atom is 0.303 e. The lowest BCUT2D eigenvalue weighted by Gasteiger charge is -2.17. The molecular formula is C19H18BrN3O3S. The fraction of sp³-hybridized carbons (Fsp3) is 0.158. The van der Waals surface area contributed by atoms with Crippen molar-refractivity contribution in [3.8, 4) is 16.3 Å². The first-order valence-electron chi connectivity index (χ1n) is 8.22. The maximum absolute atomic E-state index is 11.5. The van der Waals surface area contributed by atoms with Crippen molar-refractivity contribution in [1.29, 1.82) is 0 Å². The first-order chi connectivity index (χ1) is 12.9. The van der Waals surface area contributed by atoms with Gasteiger partial charge in [-0.1, -0.05) is 0 Å². The molecule has 0 aliphatic heterocycles. The Morgan fingerprint density at radius 3 is 2.52 bits per heavy atom. The Kier molecular flexibility index (Phi) is 5.79. The van der Waals surface area contributed by atoms with E-state index in [0.717, 1.165) is 31.3 Å². The van der Waals surface area contributed by atoms with Crippen LogP contribution in [0.25, 0.3) is 16.3 Å². The Morgan fingerprint density at radius 1 is 1.15 bits per heavy atom. The van der Waals surface area contributed by atoms with Gasteiger partial charge in [-0.05, 0) is 70.4 Å². The van der Waals surface area contributed by atoms with E-state index < -0.39 is 11.9 Å². The van der Waals surface area contributed by atoms with E-state index in [2.05, 4.69) is 15.9 Å². The summed E-state index contributed by atoms with van der Waals surface area (Å²) in [6, 6.07) is 13.0. The molecule has 6 nitrogen and oxygen atoms in total. The summed E-state index contributed by atoms with van der Waals surface area (Å²) in [4.78, 5) is 23.6. The summed E-state index contributed by atoms with van der Waals surface area (Å²) in [7, 11) is 0. The molecule has 1 aromatic carbocycles. The van der Waals surface area contributed by atoms with Crippen LogP contribution >= 0.6 is 27.3 Å². The number of carbonyl (C=O) groups excluding carboxylic acids is 1. The van der Waals surface area contributed by atoms with Gasteiger partial charge in [0, 0.05) is 17.8 Å². The van der Waals surface area contributed by atoms with Crippen LogP contribution in [0.3, 0.4) is 0 Å². The first kappa shape index (κ1) is 19.3. The summed E-state index contributed by atoms with van der Waals surface area (Å²) >= 11 is 5.06. The Morgan fingerprint density at radius 2 is 1.93 bits per heavy atom. The SMILES string of the molecule is NCc1cc(C(N)=O)ccc1-n1c(CCC(=O)O)ccc1-c1ccc(Br)s1. The lowest BCUT2D eigenvalue weighted by molar-refractivity contribution is -0.136. The molecule has 0 aliphatic carbocycles. The molecule has 0 saturated carbocycles. The number of nitrogens with two attached hydrogens (primary N) is 2. The van der Waals surface area contributed by atoms with Crippen molar-refractivity contribution in [2.24, 2.45) is 11.5 Å². The van der Waals surface area contributed by atoms with Crippen molar-refractivity contribution in [3.63, 3.8) is 0 Å². The summed E-state index contributed by atoms with van der Waals surface area (Å²) in [5.74, 6) is -1.37.